The van der Waals surface area contributed by atoms with Crippen LogP contribution in [0.2, 0.25) is 0 Å². The van der Waals surface area contributed by atoms with Crippen LogP contribution in [-0.2, 0) is 6.42 Å². The third-order valence-electron chi connectivity index (χ3n) is 4.73. The monoisotopic (exact) mass is 370 g/mol. The first-order valence-corrected chi connectivity index (χ1v) is 9.43. The summed E-state index contributed by atoms with van der Waals surface area (Å²) in [4.78, 5) is 17.1. The molecular weight excluding hydrogens is 348 g/mol. The smallest absolute Gasteiger partial charge is 0.255 e. The van der Waals surface area contributed by atoms with Crippen molar-refractivity contribution < 1.29 is 9.21 Å². The molecule has 0 saturated carbocycles. The highest BCUT2D eigenvalue weighted by Gasteiger charge is 2.10. The van der Waals surface area contributed by atoms with Crippen LogP contribution in [0.3, 0.4) is 0 Å². The predicted molar refractivity (Wildman–Crippen MR) is 112 cm³/mol. The van der Waals surface area contributed by atoms with E-state index in [9.17, 15) is 4.79 Å². The highest BCUT2D eigenvalue weighted by atomic mass is 16.3. The summed E-state index contributed by atoms with van der Waals surface area (Å²) in [5.74, 6) is 0.966. The van der Waals surface area contributed by atoms with Gasteiger partial charge in [0.05, 0.1) is 0 Å². The normalized spacial score (nSPS) is 11.1. The van der Waals surface area contributed by atoms with E-state index < -0.39 is 0 Å². The van der Waals surface area contributed by atoms with Gasteiger partial charge in [-0.1, -0.05) is 56.3 Å². The fraction of sp³-hybridized carbons (Fsp3) is 0.167. The van der Waals surface area contributed by atoms with Crippen molar-refractivity contribution in [1.29, 1.82) is 0 Å². The molecule has 0 bridgehead atoms. The van der Waals surface area contributed by atoms with Crippen LogP contribution in [0.1, 0.15) is 47.1 Å². The van der Waals surface area contributed by atoms with E-state index in [1.807, 2.05) is 72.8 Å². The van der Waals surface area contributed by atoms with E-state index in [2.05, 4.69) is 24.1 Å². The Morgan fingerprint density at radius 2 is 1.75 bits per heavy atom. The molecule has 0 atom stereocenters. The minimum atomic E-state index is -0.136. The van der Waals surface area contributed by atoms with E-state index in [0.717, 1.165) is 11.1 Å². The molecule has 4 aromatic rings. The van der Waals surface area contributed by atoms with Gasteiger partial charge < -0.3 is 9.73 Å². The van der Waals surface area contributed by atoms with Crippen LogP contribution in [0.4, 0.5) is 5.69 Å². The Bertz CT molecular complexity index is 1100. The molecular formula is C24H22N2O2. The van der Waals surface area contributed by atoms with E-state index in [1.165, 1.54) is 5.56 Å². The Labute approximate surface area is 164 Å². The second-order valence-corrected chi connectivity index (χ2v) is 7.18. The molecule has 4 heteroatoms. The zero-order valence-electron chi connectivity index (χ0n) is 16.0. The second-order valence-electron chi connectivity index (χ2n) is 7.18. The van der Waals surface area contributed by atoms with Gasteiger partial charge in [0.2, 0.25) is 0 Å². The number of carbonyl (C=O) groups is 1. The van der Waals surface area contributed by atoms with Gasteiger partial charge in [-0.2, -0.15) is 0 Å². The van der Waals surface area contributed by atoms with Gasteiger partial charge in [-0.3, -0.25) is 4.79 Å². The molecule has 1 aromatic heterocycles. The first-order valence-electron chi connectivity index (χ1n) is 9.43. The lowest BCUT2D eigenvalue weighted by molar-refractivity contribution is 0.102. The Hall–Kier alpha value is -3.40. The molecule has 3 aromatic carbocycles. The molecule has 0 saturated heterocycles. The van der Waals surface area contributed by atoms with Crippen LogP contribution in [0, 0.1) is 0 Å². The van der Waals surface area contributed by atoms with Crippen LogP contribution >= 0.6 is 0 Å². The molecule has 0 fully saturated rings. The average molecular weight is 370 g/mol. The summed E-state index contributed by atoms with van der Waals surface area (Å²) in [5.41, 5.74) is 5.14. The van der Waals surface area contributed by atoms with Crippen molar-refractivity contribution in [2.24, 2.45) is 0 Å². The maximum absolute atomic E-state index is 12.5. The third kappa shape index (κ3) is 3.96. The summed E-state index contributed by atoms with van der Waals surface area (Å²) >= 11 is 0. The maximum atomic E-state index is 12.5. The Morgan fingerprint density at radius 3 is 2.46 bits per heavy atom. The molecule has 4 rings (SSSR count). The van der Waals surface area contributed by atoms with E-state index >= 15 is 0 Å². The van der Waals surface area contributed by atoms with Crippen molar-refractivity contribution in [3.63, 3.8) is 0 Å². The molecule has 0 spiro atoms. The number of nitrogens with zero attached hydrogens (tertiary/aromatic N) is 1. The number of aromatic nitrogens is 1. The number of hydrogen-bond donors (Lipinski definition) is 1. The molecule has 28 heavy (non-hydrogen) atoms. The minimum absolute atomic E-state index is 0.136. The van der Waals surface area contributed by atoms with Gasteiger partial charge in [0.25, 0.3) is 5.91 Å². The van der Waals surface area contributed by atoms with Crippen molar-refractivity contribution in [3.8, 4) is 0 Å². The Morgan fingerprint density at radius 1 is 1.00 bits per heavy atom. The van der Waals surface area contributed by atoms with Crippen molar-refractivity contribution in [2.75, 3.05) is 5.32 Å². The van der Waals surface area contributed by atoms with Crippen LogP contribution in [0.5, 0.6) is 0 Å². The lowest BCUT2D eigenvalue weighted by atomic mass is 10.0. The highest BCUT2D eigenvalue weighted by Crippen LogP contribution is 2.22. The van der Waals surface area contributed by atoms with Crippen LogP contribution in [0.25, 0.3) is 11.1 Å². The standard InChI is InChI=1S/C24H22N2O2/c1-16(2)18-8-10-19(11-9-18)24(27)25-20-12-13-22-21(15-20)26-23(28-22)14-17-6-4-3-5-7-17/h3-13,15-16H,14H2,1-2H3,(H,25,27). The number of nitrogens with one attached hydrogen (secondary N) is 1. The van der Waals surface area contributed by atoms with Gasteiger partial charge >= 0.3 is 0 Å². The molecule has 1 N–H and O–H groups in total. The Balaban J connectivity index is 1.50. The topological polar surface area (TPSA) is 55.1 Å². The number of oxazole rings is 1. The molecule has 0 aliphatic rings. The van der Waals surface area contributed by atoms with E-state index in [0.29, 0.717) is 35.1 Å². The highest BCUT2D eigenvalue weighted by molar-refractivity contribution is 6.04. The number of carbonyl (C=O) groups excluding carboxylic acids is 1. The van der Waals surface area contributed by atoms with Crippen LogP contribution in [0.15, 0.2) is 77.2 Å². The molecule has 1 heterocycles. The summed E-state index contributed by atoms with van der Waals surface area (Å²) in [6, 6.07) is 23.3. The number of anilines is 1. The number of rotatable bonds is 5. The minimum Gasteiger partial charge on any atom is -0.440 e. The van der Waals surface area contributed by atoms with E-state index in [1.54, 1.807) is 0 Å². The molecule has 0 unspecified atom stereocenters. The largest absolute Gasteiger partial charge is 0.440 e. The maximum Gasteiger partial charge on any atom is 0.255 e. The third-order valence-corrected chi connectivity index (χ3v) is 4.73. The van der Waals surface area contributed by atoms with Gasteiger partial charge in [-0.25, -0.2) is 4.98 Å². The number of fused-ring (bicyclic) bond motifs is 1. The zero-order chi connectivity index (χ0) is 19.5. The fourth-order valence-corrected chi connectivity index (χ4v) is 3.12. The first kappa shape index (κ1) is 18.0. The van der Waals surface area contributed by atoms with Crippen molar-refractivity contribution in [1.82, 2.24) is 4.98 Å². The van der Waals surface area contributed by atoms with Gasteiger partial charge in [-0.15, -0.1) is 0 Å². The molecule has 1 amide bonds. The van der Waals surface area contributed by atoms with Gasteiger partial charge in [-0.05, 0) is 47.4 Å². The van der Waals surface area contributed by atoms with Gasteiger partial charge in [0, 0.05) is 17.7 Å². The van der Waals surface area contributed by atoms with Crippen molar-refractivity contribution in [2.45, 2.75) is 26.2 Å². The molecule has 4 nitrogen and oxygen atoms in total. The second kappa shape index (κ2) is 7.69. The van der Waals surface area contributed by atoms with E-state index in [4.69, 9.17) is 4.42 Å². The van der Waals surface area contributed by atoms with Crippen LogP contribution < -0.4 is 5.32 Å². The number of hydrogen-bond acceptors (Lipinski definition) is 3. The SMILES string of the molecule is CC(C)c1ccc(C(=O)Nc2ccc3oc(Cc4ccccc4)nc3c2)cc1. The lowest BCUT2D eigenvalue weighted by Gasteiger charge is -2.08. The Kier molecular flexibility index (Phi) is 4.94. The van der Waals surface area contributed by atoms with Gasteiger partial charge in [0.15, 0.2) is 11.5 Å². The predicted octanol–water partition coefficient (Wildman–Crippen LogP) is 5.79. The van der Waals surface area contributed by atoms with Crippen molar-refractivity contribution in [3.05, 3.63) is 95.4 Å². The fourth-order valence-electron chi connectivity index (χ4n) is 3.12. The molecule has 0 aliphatic heterocycles. The summed E-state index contributed by atoms with van der Waals surface area (Å²) in [6.45, 7) is 4.27. The number of amides is 1. The summed E-state index contributed by atoms with van der Waals surface area (Å²) in [7, 11) is 0. The van der Waals surface area contributed by atoms with Crippen LogP contribution in [-0.4, -0.2) is 10.9 Å². The average Bonchev–Trinajstić information content (AvgIpc) is 3.10. The lowest BCUT2D eigenvalue weighted by Crippen LogP contribution is -2.11. The van der Waals surface area contributed by atoms with Crippen molar-refractivity contribution >= 4 is 22.7 Å². The zero-order valence-corrected chi connectivity index (χ0v) is 16.0. The van der Waals surface area contributed by atoms with E-state index in [-0.39, 0.29) is 5.91 Å². The quantitative estimate of drug-likeness (QED) is 0.483. The molecule has 0 radical (unpaired) electrons. The molecule has 0 aliphatic carbocycles. The summed E-state index contributed by atoms with van der Waals surface area (Å²) in [6.07, 6.45) is 0.638. The van der Waals surface area contributed by atoms with Gasteiger partial charge in [0.1, 0.15) is 5.52 Å². The first-order chi connectivity index (χ1) is 13.6. The summed E-state index contributed by atoms with van der Waals surface area (Å²) < 4.78 is 5.83. The summed E-state index contributed by atoms with van der Waals surface area (Å²) in [5, 5.41) is 2.94. The number of benzene rings is 3. The molecule has 140 valence electrons.